The Morgan fingerprint density at radius 3 is 2.42 bits per heavy atom. The average Bonchev–Trinajstić information content (AvgIpc) is 3.09. The van der Waals surface area contributed by atoms with E-state index in [0.29, 0.717) is 23.9 Å². The molecule has 2 aromatic carbocycles. The van der Waals surface area contributed by atoms with E-state index in [4.69, 9.17) is 0 Å². The summed E-state index contributed by atoms with van der Waals surface area (Å²) in [5.74, 6) is 0.395. The number of halogens is 1. The number of carbonyl (C=O) groups is 1. The molecule has 1 amide bonds. The van der Waals surface area contributed by atoms with E-state index in [1.165, 1.54) is 17.7 Å². The van der Waals surface area contributed by atoms with Gasteiger partial charge in [-0.25, -0.2) is 12.8 Å². The van der Waals surface area contributed by atoms with Crippen LogP contribution in [-0.4, -0.2) is 36.9 Å². The van der Waals surface area contributed by atoms with Crippen molar-refractivity contribution in [3.05, 3.63) is 60.0 Å². The van der Waals surface area contributed by atoms with Gasteiger partial charge >= 0.3 is 0 Å². The van der Waals surface area contributed by atoms with Crippen molar-refractivity contribution in [1.29, 1.82) is 0 Å². The molecule has 1 saturated heterocycles. The molecular formula is C25H30FN3O3S. The minimum atomic E-state index is -3.82. The Morgan fingerprint density at radius 1 is 1.12 bits per heavy atom. The summed E-state index contributed by atoms with van der Waals surface area (Å²) < 4.78 is 43.3. The van der Waals surface area contributed by atoms with E-state index in [2.05, 4.69) is 29.3 Å². The molecule has 4 rings (SSSR count). The summed E-state index contributed by atoms with van der Waals surface area (Å²) >= 11 is 0. The Balaban J connectivity index is 1.55. The fraction of sp³-hybridized carbons (Fsp3) is 0.400. The molecule has 0 radical (unpaired) electrons. The second-order valence-electron chi connectivity index (χ2n) is 9.24. The topological polar surface area (TPSA) is 71.4 Å². The minimum Gasteiger partial charge on any atom is -0.350 e. The first-order chi connectivity index (χ1) is 15.6. The summed E-state index contributed by atoms with van der Waals surface area (Å²) in [5, 5.41) is 1.00. The van der Waals surface area contributed by atoms with E-state index < -0.39 is 15.8 Å². The van der Waals surface area contributed by atoms with Gasteiger partial charge in [-0.15, -0.1) is 0 Å². The highest BCUT2D eigenvalue weighted by Crippen LogP contribution is 2.36. The molecule has 3 aromatic rings. The maximum Gasteiger partial charge on any atom is 0.261 e. The number of fused-ring (bicyclic) bond motifs is 1. The molecule has 1 aliphatic heterocycles. The molecule has 1 aliphatic rings. The summed E-state index contributed by atoms with van der Waals surface area (Å²) in [6.07, 6.45) is 4.46. The molecule has 0 saturated carbocycles. The van der Waals surface area contributed by atoms with Gasteiger partial charge in [-0.2, -0.15) is 0 Å². The van der Waals surface area contributed by atoms with Crippen LogP contribution in [0, 0.1) is 11.7 Å². The van der Waals surface area contributed by atoms with Crippen LogP contribution < -0.4 is 4.72 Å². The van der Waals surface area contributed by atoms with E-state index in [9.17, 15) is 17.6 Å². The minimum absolute atomic E-state index is 0.00992. The van der Waals surface area contributed by atoms with Crippen LogP contribution in [0.15, 0.2) is 53.6 Å². The number of aromatic nitrogens is 1. The molecule has 176 valence electrons. The lowest BCUT2D eigenvalue weighted by atomic mass is 9.89. The molecule has 1 fully saturated rings. The molecule has 0 bridgehead atoms. The lowest BCUT2D eigenvalue weighted by Gasteiger charge is -2.32. The summed E-state index contributed by atoms with van der Waals surface area (Å²) in [5.41, 5.74) is 2.66. The van der Waals surface area contributed by atoms with Crippen molar-refractivity contribution in [2.75, 3.05) is 17.8 Å². The summed E-state index contributed by atoms with van der Waals surface area (Å²) in [7, 11) is -1.84. The van der Waals surface area contributed by atoms with Gasteiger partial charge in [-0.1, -0.05) is 13.8 Å². The number of hydrogen-bond acceptors (Lipinski definition) is 3. The van der Waals surface area contributed by atoms with Crippen LogP contribution in [0.3, 0.4) is 0 Å². The predicted molar refractivity (Wildman–Crippen MR) is 128 cm³/mol. The molecular weight excluding hydrogens is 441 g/mol. The lowest BCUT2D eigenvalue weighted by molar-refractivity contribution is -0.133. The Labute approximate surface area is 194 Å². The number of aryl methyl sites for hydroxylation is 1. The highest BCUT2D eigenvalue weighted by atomic mass is 32.2. The quantitative estimate of drug-likeness (QED) is 0.558. The lowest BCUT2D eigenvalue weighted by Crippen LogP contribution is -2.38. The molecule has 0 spiro atoms. The van der Waals surface area contributed by atoms with Gasteiger partial charge < -0.3 is 9.47 Å². The number of nitrogens with one attached hydrogen (secondary N) is 1. The predicted octanol–water partition coefficient (Wildman–Crippen LogP) is 4.87. The molecule has 6 nitrogen and oxygen atoms in total. The van der Waals surface area contributed by atoms with Gasteiger partial charge in [0.25, 0.3) is 10.0 Å². The van der Waals surface area contributed by atoms with Gasteiger partial charge in [0.1, 0.15) is 5.82 Å². The second kappa shape index (κ2) is 9.17. The molecule has 0 atom stereocenters. The third-order valence-electron chi connectivity index (χ3n) is 6.27. The molecule has 8 heteroatoms. The fourth-order valence-electron chi connectivity index (χ4n) is 4.56. The molecule has 0 unspecified atom stereocenters. The Morgan fingerprint density at radius 2 is 1.79 bits per heavy atom. The fourth-order valence-corrected chi connectivity index (χ4v) is 5.61. The first-order valence-corrected chi connectivity index (χ1v) is 12.8. The summed E-state index contributed by atoms with van der Waals surface area (Å²) in [6.45, 7) is 5.60. The number of benzene rings is 2. The van der Waals surface area contributed by atoms with Gasteiger partial charge in [0.15, 0.2) is 0 Å². The highest BCUT2D eigenvalue weighted by Gasteiger charge is 2.26. The van der Waals surface area contributed by atoms with Crippen LogP contribution >= 0.6 is 0 Å². The maximum atomic E-state index is 13.2. The smallest absolute Gasteiger partial charge is 0.261 e. The first kappa shape index (κ1) is 23.3. The number of hydrogen-bond donors (Lipinski definition) is 1. The Hall–Kier alpha value is -2.87. The second-order valence-corrected chi connectivity index (χ2v) is 10.9. The Kier molecular flexibility index (Phi) is 6.47. The molecule has 0 aliphatic carbocycles. The number of rotatable bonds is 6. The van der Waals surface area contributed by atoms with Crippen LogP contribution in [0.5, 0.6) is 0 Å². The number of carbonyl (C=O) groups excluding carboxylic acids is 1. The van der Waals surface area contributed by atoms with Crippen molar-refractivity contribution in [3.8, 4) is 0 Å². The van der Waals surface area contributed by atoms with Crippen LogP contribution in [-0.2, 0) is 21.9 Å². The summed E-state index contributed by atoms with van der Waals surface area (Å²) in [6, 6.07) is 10.3. The maximum absolute atomic E-state index is 13.2. The standard InChI is InChI=1S/C25H30FN3O3S/c1-17(2)14-25(30)29-12-10-18(11-13-29)23-16-28(3)24-9-6-20(15-22(23)24)27-33(31,32)21-7-4-19(26)5-8-21/h4-9,15-18,27H,10-14H2,1-3H3. The van der Waals surface area contributed by atoms with Gasteiger partial charge in [0.2, 0.25) is 5.91 Å². The van der Waals surface area contributed by atoms with Crippen LogP contribution in [0.4, 0.5) is 10.1 Å². The third kappa shape index (κ3) is 5.05. The molecule has 33 heavy (non-hydrogen) atoms. The summed E-state index contributed by atoms with van der Waals surface area (Å²) in [4.78, 5) is 14.4. The van der Waals surface area contributed by atoms with E-state index in [-0.39, 0.29) is 10.8 Å². The van der Waals surface area contributed by atoms with Gasteiger partial charge in [0.05, 0.1) is 4.90 Å². The number of likely N-dealkylation sites (tertiary alicyclic amines) is 1. The Bertz CT molecular complexity index is 1260. The first-order valence-electron chi connectivity index (χ1n) is 11.3. The molecule has 1 N–H and O–H groups in total. The SMILES string of the molecule is CC(C)CC(=O)N1CCC(c2cn(C)c3ccc(NS(=O)(=O)c4ccc(F)cc4)cc23)CC1. The van der Waals surface area contributed by atoms with Crippen LogP contribution in [0.25, 0.3) is 10.9 Å². The van der Waals surface area contributed by atoms with Crippen molar-refractivity contribution in [2.24, 2.45) is 13.0 Å². The normalized spacial score (nSPS) is 15.4. The van der Waals surface area contributed by atoms with Crippen molar-refractivity contribution >= 4 is 32.5 Å². The largest absolute Gasteiger partial charge is 0.350 e. The van der Waals surface area contributed by atoms with Crippen molar-refractivity contribution in [2.45, 2.75) is 43.9 Å². The van der Waals surface area contributed by atoms with Gasteiger partial charge in [-0.05, 0) is 72.7 Å². The van der Waals surface area contributed by atoms with Crippen molar-refractivity contribution in [3.63, 3.8) is 0 Å². The average molecular weight is 472 g/mol. The number of piperidine rings is 1. The van der Waals surface area contributed by atoms with Crippen molar-refractivity contribution < 1.29 is 17.6 Å². The highest BCUT2D eigenvalue weighted by molar-refractivity contribution is 7.92. The monoisotopic (exact) mass is 471 g/mol. The number of amides is 1. The molecule has 2 heterocycles. The van der Waals surface area contributed by atoms with Gasteiger partial charge in [-0.3, -0.25) is 9.52 Å². The van der Waals surface area contributed by atoms with E-state index in [1.54, 1.807) is 6.07 Å². The third-order valence-corrected chi connectivity index (χ3v) is 7.66. The van der Waals surface area contributed by atoms with E-state index in [1.807, 2.05) is 24.1 Å². The van der Waals surface area contributed by atoms with Crippen molar-refractivity contribution in [1.82, 2.24) is 9.47 Å². The number of nitrogens with zero attached hydrogens (tertiary/aromatic N) is 2. The zero-order chi connectivity index (χ0) is 23.8. The van der Waals surface area contributed by atoms with E-state index in [0.717, 1.165) is 49.0 Å². The van der Waals surface area contributed by atoms with Gasteiger partial charge in [0, 0.05) is 49.3 Å². The zero-order valence-corrected chi connectivity index (χ0v) is 20.0. The molecule has 1 aromatic heterocycles. The van der Waals surface area contributed by atoms with Crippen LogP contribution in [0.1, 0.15) is 44.6 Å². The zero-order valence-electron chi connectivity index (χ0n) is 19.2. The number of sulfonamides is 1. The number of anilines is 1. The van der Waals surface area contributed by atoms with E-state index >= 15 is 0 Å². The van der Waals surface area contributed by atoms with Crippen LogP contribution in [0.2, 0.25) is 0 Å².